The lowest BCUT2D eigenvalue weighted by molar-refractivity contribution is -0.136. The Morgan fingerprint density at radius 2 is 2.00 bits per heavy atom. The zero-order valence-electron chi connectivity index (χ0n) is 15.8. The molecule has 1 aliphatic rings. The quantitative estimate of drug-likeness (QED) is 0.868. The standard InChI is InChI=1S/C22H21N3O3/c1-3-14(2)20-22(28)25(13-19(26)27)18-10-9-15(12-23)11-17(18)21(24-20)16-7-5-4-6-8-16/h4-11,14,20H,3,13H2,1-2H3,(H,26,27). The van der Waals surface area contributed by atoms with Crippen molar-refractivity contribution in [2.45, 2.75) is 26.3 Å². The second-order valence-corrected chi connectivity index (χ2v) is 6.84. The van der Waals surface area contributed by atoms with Gasteiger partial charge < -0.3 is 5.11 Å². The summed E-state index contributed by atoms with van der Waals surface area (Å²) in [5, 5.41) is 18.7. The minimum Gasteiger partial charge on any atom is -0.480 e. The first-order valence-electron chi connectivity index (χ1n) is 9.17. The van der Waals surface area contributed by atoms with Gasteiger partial charge in [-0.15, -0.1) is 0 Å². The van der Waals surface area contributed by atoms with Gasteiger partial charge in [0, 0.05) is 11.1 Å². The molecule has 0 fully saturated rings. The number of carbonyl (C=O) groups excluding carboxylic acids is 1. The van der Waals surface area contributed by atoms with E-state index in [0.717, 1.165) is 12.0 Å². The van der Waals surface area contributed by atoms with Gasteiger partial charge in [-0.2, -0.15) is 5.26 Å². The molecule has 1 amide bonds. The Labute approximate surface area is 163 Å². The molecule has 0 spiro atoms. The van der Waals surface area contributed by atoms with E-state index in [4.69, 9.17) is 4.99 Å². The maximum Gasteiger partial charge on any atom is 0.323 e. The summed E-state index contributed by atoms with van der Waals surface area (Å²) in [5.74, 6) is -1.50. The molecular formula is C22H21N3O3. The number of aliphatic carboxylic acids is 1. The highest BCUT2D eigenvalue weighted by Gasteiger charge is 2.35. The number of amides is 1. The molecule has 2 unspecified atom stereocenters. The van der Waals surface area contributed by atoms with Crippen LogP contribution in [0.3, 0.4) is 0 Å². The summed E-state index contributed by atoms with van der Waals surface area (Å²) in [4.78, 5) is 30.8. The molecule has 2 aromatic rings. The molecule has 28 heavy (non-hydrogen) atoms. The van der Waals surface area contributed by atoms with Gasteiger partial charge in [0.1, 0.15) is 12.6 Å². The molecule has 0 bridgehead atoms. The van der Waals surface area contributed by atoms with Crippen LogP contribution in [-0.2, 0) is 9.59 Å². The monoisotopic (exact) mass is 375 g/mol. The third-order valence-electron chi connectivity index (χ3n) is 4.98. The zero-order chi connectivity index (χ0) is 20.3. The van der Waals surface area contributed by atoms with Crippen LogP contribution < -0.4 is 4.90 Å². The number of anilines is 1. The van der Waals surface area contributed by atoms with E-state index in [0.29, 0.717) is 22.5 Å². The van der Waals surface area contributed by atoms with E-state index in [9.17, 15) is 20.0 Å². The maximum absolute atomic E-state index is 13.3. The zero-order valence-corrected chi connectivity index (χ0v) is 15.8. The van der Waals surface area contributed by atoms with Crippen molar-refractivity contribution in [2.75, 3.05) is 11.4 Å². The van der Waals surface area contributed by atoms with Crippen molar-refractivity contribution in [2.24, 2.45) is 10.9 Å². The first-order valence-corrected chi connectivity index (χ1v) is 9.17. The van der Waals surface area contributed by atoms with Gasteiger partial charge in [-0.1, -0.05) is 50.6 Å². The Morgan fingerprint density at radius 1 is 1.29 bits per heavy atom. The van der Waals surface area contributed by atoms with E-state index in [1.807, 2.05) is 44.2 Å². The first kappa shape index (κ1) is 19.3. The average molecular weight is 375 g/mol. The summed E-state index contributed by atoms with van der Waals surface area (Å²) in [6, 6.07) is 15.7. The molecule has 0 aliphatic carbocycles. The number of nitriles is 1. The van der Waals surface area contributed by atoms with Crippen molar-refractivity contribution >= 4 is 23.3 Å². The summed E-state index contributed by atoms with van der Waals surface area (Å²) < 4.78 is 0. The number of carbonyl (C=O) groups is 2. The normalized spacial score (nSPS) is 17.2. The number of rotatable bonds is 5. The van der Waals surface area contributed by atoms with Gasteiger partial charge in [0.15, 0.2) is 0 Å². The van der Waals surface area contributed by atoms with Gasteiger partial charge in [0.05, 0.1) is 23.0 Å². The number of hydrogen-bond donors (Lipinski definition) is 1. The van der Waals surface area contributed by atoms with Crippen LogP contribution in [0.4, 0.5) is 5.69 Å². The lowest BCUT2D eigenvalue weighted by Gasteiger charge is -2.25. The molecule has 1 N–H and O–H groups in total. The predicted molar refractivity (Wildman–Crippen MR) is 106 cm³/mol. The maximum atomic E-state index is 13.3. The number of carboxylic acids is 1. The predicted octanol–water partition coefficient (Wildman–Crippen LogP) is 3.24. The molecular weight excluding hydrogens is 354 g/mol. The van der Waals surface area contributed by atoms with Crippen molar-refractivity contribution in [3.63, 3.8) is 0 Å². The Bertz CT molecular complexity index is 976. The topological polar surface area (TPSA) is 93.8 Å². The van der Waals surface area contributed by atoms with Crippen LogP contribution >= 0.6 is 0 Å². The largest absolute Gasteiger partial charge is 0.480 e. The molecule has 0 saturated carbocycles. The second-order valence-electron chi connectivity index (χ2n) is 6.84. The second kappa shape index (κ2) is 8.05. The third-order valence-corrected chi connectivity index (χ3v) is 4.98. The number of fused-ring (bicyclic) bond motifs is 1. The third kappa shape index (κ3) is 3.65. The average Bonchev–Trinajstić information content (AvgIpc) is 2.82. The molecule has 0 aromatic heterocycles. The Morgan fingerprint density at radius 3 is 2.61 bits per heavy atom. The highest BCUT2D eigenvalue weighted by atomic mass is 16.4. The highest BCUT2D eigenvalue weighted by molar-refractivity contribution is 6.20. The number of benzodiazepines with no additional fused rings is 1. The number of carboxylic acid groups (broad SMARTS) is 1. The van der Waals surface area contributed by atoms with Gasteiger partial charge in [0.2, 0.25) is 0 Å². The molecule has 3 rings (SSSR count). The minimum atomic E-state index is -1.10. The van der Waals surface area contributed by atoms with Crippen LogP contribution in [-0.4, -0.2) is 35.3 Å². The first-order chi connectivity index (χ1) is 13.5. The number of aliphatic imine (C=N–C) groups is 1. The fourth-order valence-electron chi connectivity index (χ4n) is 3.29. The highest BCUT2D eigenvalue weighted by Crippen LogP contribution is 2.31. The molecule has 2 atom stereocenters. The van der Waals surface area contributed by atoms with Crippen molar-refractivity contribution in [3.05, 3.63) is 65.2 Å². The molecule has 6 heteroatoms. The van der Waals surface area contributed by atoms with Crippen LogP contribution in [0.1, 0.15) is 37.0 Å². The van der Waals surface area contributed by atoms with Gasteiger partial charge >= 0.3 is 5.97 Å². The summed E-state index contributed by atoms with van der Waals surface area (Å²) in [5.41, 5.74) is 2.88. The molecule has 0 radical (unpaired) electrons. The molecule has 1 heterocycles. The van der Waals surface area contributed by atoms with E-state index in [1.54, 1.807) is 18.2 Å². The van der Waals surface area contributed by atoms with E-state index in [-0.39, 0.29) is 11.8 Å². The van der Waals surface area contributed by atoms with Crippen LogP contribution in [0.15, 0.2) is 53.5 Å². The fraction of sp³-hybridized carbons (Fsp3) is 0.273. The molecule has 142 valence electrons. The number of nitrogens with zero attached hydrogens (tertiary/aromatic N) is 3. The van der Waals surface area contributed by atoms with Gasteiger partial charge in [0.25, 0.3) is 5.91 Å². The van der Waals surface area contributed by atoms with Crippen molar-refractivity contribution in [3.8, 4) is 6.07 Å². The molecule has 2 aromatic carbocycles. The van der Waals surface area contributed by atoms with Gasteiger partial charge in [-0.3, -0.25) is 19.5 Å². The van der Waals surface area contributed by atoms with Crippen molar-refractivity contribution in [1.29, 1.82) is 5.26 Å². The number of hydrogen-bond acceptors (Lipinski definition) is 4. The van der Waals surface area contributed by atoms with E-state index in [1.165, 1.54) is 4.90 Å². The van der Waals surface area contributed by atoms with Crippen molar-refractivity contribution in [1.82, 2.24) is 0 Å². The van der Waals surface area contributed by atoms with E-state index < -0.39 is 18.6 Å². The number of benzene rings is 2. The summed E-state index contributed by atoms with van der Waals surface area (Å²) in [7, 11) is 0. The van der Waals surface area contributed by atoms with Crippen LogP contribution in [0.25, 0.3) is 0 Å². The molecule has 1 aliphatic heterocycles. The smallest absolute Gasteiger partial charge is 0.323 e. The lowest BCUT2D eigenvalue weighted by atomic mass is 9.97. The van der Waals surface area contributed by atoms with Crippen molar-refractivity contribution < 1.29 is 14.7 Å². The summed E-state index contributed by atoms with van der Waals surface area (Å²) in [6.07, 6.45) is 0.725. The molecule has 6 nitrogen and oxygen atoms in total. The minimum absolute atomic E-state index is 0.0627. The van der Waals surface area contributed by atoms with E-state index in [2.05, 4.69) is 6.07 Å². The van der Waals surface area contributed by atoms with Gasteiger partial charge in [-0.25, -0.2) is 0 Å². The van der Waals surface area contributed by atoms with Crippen LogP contribution in [0.2, 0.25) is 0 Å². The summed E-state index contributed by atoms with van der Waals surface area (Å²) in [6.45, 7) is 3.45. The fourth-order valence-corrected chi connectivity index (χ4v) is 3.29. The van der Waals surface area contributed by atoms with Crippen LogP contribution in [0.5, 0.6) is 0 Å². The Kier molecular flexibility index (Phi) is 5.55. The van der Waals surface area contributed by atoms with Crippen LogP contribution in [0, 0.1) is 17.2 Å². The van der Waals surface area contributed by atoms with E-state index >= 15 is 0 Å². The lowest BCUT2D eigenvalue weighted by Crippen LogP contribution is -2.43. The SMILES string of the molecule is CCC(C)C1N=C(c2ccccc2)c2cc(C#N)ccc2N(CC(=O)O)C1=O. The molecule has 0 saturated heterocycles. The van der Waals surface area contributed by atoms with Gasteiger partial charge in [-0.05, 0) is 24.1 Å². The Hall–Kier alpha value is -3.46. The summed E-state index contributed by atoms with van der Waals surface area (Å²) >= 11 is 0. The Balaban J connectivity index is 2.30.